The third kappa shape index (κ3) is 7.48. The molecule has 1 amide bonds. The molecule has 0 saturated carbocycles. The molecule has 47 heavy (non-hydrogen) atoms. The molecule has 2 heterocycles. The molecule has 6 rings (SSSR count). The quantitative estimate of drug-likeness (QED) is 0.122. The van der Waals surface area contributed by atoms with Crippen molar-refractivity contribution in [2.24, 2.45) is 0 Å². The third-order valence-electron chi connectivity index (χ3n) is 8.42. The number of benzene rings is 4. The SMILES string of the molecule is COc1cc(C2C(=C(O)c3ccc(OCc4ccccc4)cc3)C(=O)C(=O)N2CCN2CCOCC2)ccc1OCc1ccccc1. The summed E-state index contributed by atoms with van der Waals surface area (Å²) in [7, 11) is 1.55. The van der Waals surface area contributed by atoms with Crippen molar-refractivity contribution in [3.63, 3.8) is 0 Å². The molecule has 0 radical (unpaired) electrons. The van der Waals surface area contributed by atoms with Gasteiger partial charge in [0.1, 0.15) is 24.7 Å². The van der Waals surface area contributed by atoms with Crippen molar-refractivity contribution in [3.05, 3.63) is 131 Å². The molecule has 4 aromatic carbocycles. The first-order valence-corrected chi connectivity index (χ1v) is 15.7. The predicted molar refractivity (Wildman–Crippen MR) is 177 cm³/mol. The molecular formula is C38H38N2O7. The summed E-state index contributed by atoms with van der Waals surface area (Å²) in [6, 6.07) is 31.0. The van der Waals surface area contributed by atoms with Crippen LogP contribution in [0.3, 0.4) is 0 Å². The zero-order valence-electron chi connectivity index (χ0n) is 26.3. The molecule has 1 N–H and O–H groups in total. The van der Waals surface area contributed by atoms with Crippen LogP contribution < -0.4 is 14.2 Å². The fourth-order valence-electron chi connectivity index (χ4n) is 5.85. The lowest BCUT2D eigenvalue weighted by Gasteiger charge is -2.31. The highest BCUT2D eigenvalue weighted by Crippen LogP contribution is 2.42. The number of hydrogen-bond acceptors (Lipinski definition) is 8. The first-order chi connectivity index (χ1) is 23.0. The smallest absolute Gasteiger partial charge is 0.295 e. The van der Waals surface area contributed by atoms with E-state index in [1.807, 2.05) is 66.7 Å². The second kappa shape index (κ2) is 15.0. The van der Waals surface area contributed by atoms with Gasteiger partial charge in [-0.05, 0) is 53.1 Å². The zero-order chi connectivity index (χ0) is 32.6. The lowest BCUT2D eigenvalue weighted by atomic mass is 9.95. The number of Topliss-reactive ketones (excluding diaryl/α,β-unsaturated/α-hetero) is 1. The lowest BCUT2D eigenvalue weighted by Crippen LogP contribution is -2.42. The molecule has 1 unspecified atom stereocenters. The molecule has 1 atom stereocenters. The number of ether oxygens (including phenoxy) is 4. The van der Waals surface area contributed by atoms with E-state index in [-0.39, 0.29) is 11.3 Å². The molecule has 2 aliphatic heterocycles. The van der Waals surface area contributed by atoms with Gasteiger partial charge >= 0.3 is 0 Å². The number of ketones is 1. The summed E-state index contributed by atoms with van der Waals surface area (Å²) < 4.78 is 23.1. The summed E-state index contributed by atoms with van der Waals surface area (Å²) in [4.78, 5) is 31.0. The van der Waals surface area contributed by atoms with Crippen LogP contribution in [-0.2, 0) is 27.5 Å². The molecule has 2 fully saturated rings. The van der Waals surface area contributed by atoms with E-state index in [0.29, 0.717) is 67.9 Å². The van der Waals surface area contributed by atoms with Crippen molar-refractivity contribution in [1.29, 1.82) is 0 Å². The topological polar surface area (TPSA) is 97.8 Å². The Balaban J connectivity index is 1.30. The molecule has 2 saturated heterocycles. The van der Waals surface area contributed by atoms with Crippen molar-refractivity contribution < 1.29 is 33.6 Å². The molecule has 0 spiro atoms. The van der Waals surface area contributed by atoms with Crippen LogP contribution in [0, 0.1) is 0 Å². The van der Waals surface area contributed by atoms with E-state index in [1.165, 1.54) is 0 Å². The number of hydrogen-bond donors (Lipinski definition) is 1. The molecule has 2 aliphatic rings. The van der Waals surface area contributed by atoms with Crippen molar-refractivity contribution >= 4 is 17.4 Å². The second-order valence-corrected chi connectivity index (χ2v) is 11.4. The Morgan fingerprint density at radius 2 is 1.43 bits per heavy atom. The number of carbonyl (C=O) groups is 2. The van der Waals surface area contributed by atoms with Gasteiger partial charge in [0.2, 0.25) is 0 Å². The van der Waals surface area contributed by atoms with Gasteiger partial charge in [-0.3, -0.25) is 14.5 Å². The van der Waals surface area contributed by atoms with Crippen molar-refractivity contribution in [2.75, 3.05) is 46.5 Å². The predicted octanol–water partition coefficient (Wildman–Crippen LogP) is 5.61. The Bertz CT molecular complexity index is 1700. The number of nitrogens with zero attached hydrogens (tertiary/aromatic N) is 2. The molecule has 9 heteroatoms. The van der Waals surface area contributed by atoms with Gasteiger partial charge < -0.3 is 29.0 Å². The van der Waals surface area contributed by atoms with E-state index in [2.05, 4.69) is 4.90 Å². The number of aliphatic hydroxyl groups is 1. The maximum absolute atomic E-state index is 13.6. The summed E-state index contributed by atoms with van der Waals surface area (Å²) in [6.07, 6.45) is 0. The fraction of sp³-hybridized carbons (Fsp3) is 0.263. The number of methoxy groups -OCH3 is 1. The molecule has 0 aromatic heterocycles. The van der Waals surface area contributed by atoms with E-state index in [9.17, 15) is 14.7 Å². The van der Waals surface area contributed by atoms with Crippen molar-refractivity contribution in [3.8, 4) is 17.2 Å². The molecule has 242 valence electrons. The van der Waals surface area contributed by atoms with Crippen LogP contribution in [-0.4, -0.2) is 73.1 Å². The third-order valence-corrected chi connectivity index (χ3v) is 8.42. The fourth-order valence-corrected chi connectivity index (χ4v) is 5.85. The minimum absolute atomic E-state index is 0.0231. The largest absolute Gasteiger partial charge is 0.507 e. The van der Waals surface area contributed by atoms with Crippen LogP contribution in [0.5, 0.6) is 17.2 Å². The van der Waals surface area contributed by atoms with E-state index in [1.54, 1.807) is 48.4 Å². The highest BCUT2D eigenvalue weighted by Gasteiger charge is 2.46. The highest BCUT2D eigenvalue weighted by molar-refractivity contribution is 6.46. The van der Waals surface area contributed by atoms with Gasteiger partial charge in [0.25, 0.3) is 11.7 Å². The van der Waals surface area contributed by atoms with Gasteiger partial charge in [-0.25, -0.2) is 0 Å². The van der Waals surface area contributed by atoms with Crippen LogP contribution in [0.1, 0.15) is 28.3 Å². The van der Waals surface area contributed by atoms with Gasteiger partial charge in [-0.1, -0.05) is 66.7 Å². The number of aliphatic hydroxyl groups excluding tert-OH is 1. The van der Waals surface area contributed by atoms with Gasteiger partial charge in [0.15, 0.2) is 11.5 Å². The van der Waals surface area contributed by atoms with Crippen molar-refractivity contribution in [2.45, 2.75) is 19.3 Å². The van der Waals surface area contributed by atoms with Crippen LogP contribution in [0.15, 0.2) is 109 Å². The Morgan fingerprint density at radius 1 is 0.787 bits per heavy atom. The van der Waals surface area contributed by atoms with E-state index in [4.69, 9.17) is 18.9 Å². The van der Waals surface area contributed by atoms with Gasteiger partial charge in [0, 0.05) is 31.7 Å². The average Bonchev–Trinajstić information content (AvgIpc) is 3.38. The average molecular weight is 635 g/mol. The van der Waals surface area contributed by atoms with Gasteiger partial charge in [-0.15, -0.1) is 0 Å². The van der Waals surface area contributed by atoms with Gasteiger partial charge in [-0.2, -0.15) is 0 Å². The maximum atomic E-state index is 13.6. The van der Waals surface area contributed by atoms with Crippen LogP contribution >= 0.6 is 0 Å². The van der Waals surface area contributed by atoms with Gasteiger partial charge in [0.05, 0.1) is 31.9 Å². The number of carbonyl (C=O) groups excluding carboxylic acids is 2. The van der Waals surface area contributed by atoms with Crippen LogP contribution in [0.4, 0.5) is 0 Å². The summed E-state index contributed by atoms with van der Waals surface area (Å²) in [5, 5.41) is 11.6. The molecule has 0 bridgehead atoms. The van der Waals surface area contributed by atoms with Crippen LogP contribution in [0.2, 0.25) is 0 Å². The number of rotatable bonds is 12. The monoisotopic (exact) mass is 634 g/mol. The first kappa shape index (κ1) is 31.8. The minimum Gasteiger partial charge on any atom is -0.507 e. The van der Waals surface area contributed by atoms with Crippen molar-refractivity contribution in [1.82, 2.24) is 9.80 Å². The standard InChI is InChI=1S/C38H38N2O7/c1-44-33-24-30(14-17-32(33)47-26-28-10-6-3-7-11-28)35-34(37(42)38(43)40(35)19-18-39-20-22-45-23-21-39)36(41)29-12-15-31(16-13-29)46-25-27-8-4-2-5-9-27/h2-17,24,35,41H,18-23,25-26H2,1H3. The number of amides is 1. The van der Waals surface area contributed by atoms with E-state index >= 15 is 0 Å². The summed E-state index contributed by atoms with van der Waals surface area (Å²) in [5.41, 5.74) is 3.09. The second-order valence-electron chi connectivity index (χ2n) is 11.4. The Kier molecular flexibility index (Phi) is 10.2. The summed E-state index contributed by atoms with van der Waals surface area (Å²) >= 11 is 0. The summed E-state index contributed by atoms with van der Waals surface area (Å²) in [6.45, 7) is 4.34. The normalized spacial score (nSPS) is 17.9. The lowest BCUT2D eigenvalue weighted by molar-refractivity contribution is -0.140. The number of likely N-dealkylation sites (tertiary alicyclic amines) is 1. The Hall–Kier alpha value is -5.12. The van der Waals surface area contributed by atoms with E-state index < -0.39 is 17.7 Å². The van der Waals surface area contributed by atoms with E-state index in [0.717, 1.165) is 24.2 Å². The number of morpholine rings is 1. The first-order valence-electron chi connectivity index (χ1n) is 15.7. The Labute approximate surface area is 274 Å². The maximum Gasteiger partial charge on any atom is 0.295 e. The Morgan fingerprint density at radius 3 is 2.06 bits per heavy atom. The molecule has 9 nitrogen and oxygen atoms in total. The molecule has 0 aliphatic carbocycles. The molecule has 4 aromatic rings. The molecular weight excluding hydrogens is 596 g/mol. The highest BCUT2D eigenvalue weighted by atomic mass is 16.5. The zero-order valence-corrected chi connectivity index (χ0v) is 26.3. The minimum atomic E-state index is -0.831. The summed E-state index contributed by atoms with van der Waals surface area (Å²) in [5.74, 6) is -0.0456. The van der Waals surface area contributed by atoms with Crippen LogP contribution in [0.25, 0.3) is 5.76 Å².